The van der Waals surface area contributed by atoms with Gasteiger partial charge >= 0.3 is 11.9 Å². The molecule has 1 heterocycles. The number of piperazine rings is 1. The zero-order valence-electron chi connectivity index (χ0n) is 17.6. The molecular weight excluding hydrogens is 424 g/mol. The van der Waals surface area contributed by atoms with Crippen LogP contribution >= 0.6 is 11.6 Å². The zero-order valence-corrected chi connectivity index (χ0v) is 18.4. The molecule has 0 saturated carbocycles. The number of fused-ring (bicyclic) bond motifs is 1. The Hall–Kier alpha value is -2.39. The van der Waals surface area contributed by atoms with E-state index in [4.69, 9.17) is 40.9 Å². The van der Waals surface area contributed by atoms with E-state index in [-0.39, 0.29) is 0 Å². The number of carboxylic acid groups (broad SMARTS) is 2. The van der Waals surface area contributed by atoms with Gasteiger partial charge < -0.3 is 24.6 Å². The topological polar surface area (TPSA) is 99.5 Å². The van der Waals surface area contributed by atoms with Crippen molar-refractivity contribution in [2.24, 2.45) is 0 Å². The number of benzene rings is 2. The Morgan fingerprint density at radius 3 is 2.23 bits per heavy atom. The Morgan fingerprint density at radius 1 is 0.935 bits per heavy atom. The number of hydrogen-bond acceptors (Lipinski definition) is 6. The second kappa shape index (κ2) is 13.1. The van der Waals surface area contributed by atoms with Gasteiger partial charge in [-0.2, -0.15) is 0 Å². The molecule has 0 aromatic heterocycles. The van der Waals surface area contributed by atoms with Crippen LogP contribution in [-0.2, 0) is 14.3 Å². The van der Waals surface area contributed by atoms with Gasteiger partial charge in [0.15, 0.2) is 0 Å². The summed E-state index contributed by atoms with van der Waals surface area (Å²) in [6.45, 7) is 10.8. The van der Waals surface area contributed by atoms with Gasteiger partial charge in [0.05, 0.1) is 18.2 Å². The first-order valence-electron chi connectivity index (χ1n) is 10.2. The third kappa shape index (κ3) is 8.34. The van der Waals surface area contributed by atoms with E-state index in [1.165, 1.54) is 13.1 Å². The molecule has 0 amide bonds. The molecule has 0 unspecified atom stereocenters. The van der Waals surface area contributed by atoms with Gasteiger partial charge in [-0.3, -0.25) is 4.90 Å². The molecule has 8 nitrogen and oxygen atoms in total. The van der Waals surface area contributed by atoms with Crippen molar-refractivity contribution in [3.63, 3.8) is 0 Å². The van der Waals surface area contributed by atoms with Crippen LogP contribution in [0.2, 0.25) is 5.02 Å². The standard InChI is InChI=1S/C20H27ClN2O2.C2H2O4/c1-2-22-9-11-23(12-10-22)13-14-24-15-16-25-19-8-7-17-5-3-4-6-18(17)20(19)21;3-1(4)2(5)6/h3-8H,2,9-16H2,1H3;(H,3,4)(H,5,6). The molecule has 1 aliphatic rings. The van der Waals surface area contributed by atoms with Crippen molar-refractivity contribution in [1.82, 2.24) is 9.80 Å². The first-order valence-corrected chi connectivity index (χ1v) is 10.6. The summed E-state index contributed by atoms with van der Waals surface area (Å²) in [6, 6.07) is 12.0. The lowest BCUT2D eigenvalue weighted by Crippen LogP contribution is -2.47. The number of nitrogens with zero attached hydrogens (tertiary/aromatic N) is 2. The van der Waals surface area contributed by atoms with Gasteiger partial charge in [-0.25, -0.2) is 9.59 Å². The van der Waals surface area contributed by atoms with Crippen LogP contribution in [0.3, 0.4) is 0 Å². The number of halogens is 1. The molecule has 0 radical (unpaired) electrons. The van der Waals surface area contributed by atoms with E-state index in [1.807, 2.05) is 30.3 Å². The predicted molar refractivity (Wildman–Crippen MR) is 119 cm³/mol. The fourth-order valence-corrected chi connectivity index (χ4v) is 3.45. The maximum absolute atomic E-state index is 9.10. The van der Waals surface area contributed by atoms with Crippen LogP contribution in [0, 0.1) is 0 Å². The molecule has 0 atom stereocenters. The lowest BCUT2D eigenvalue weighted by Gasteiger charge is -2.33. The fourth-order valence-electron chi connectivity index (χ4n) is 3.16. The number of carboxylic acids is 2. The molecule has 2 aromatic rings. The highest BCUT2D eigenvalue weighted by Gasteiger charge is 2.14. The van der Waals surface area contributed by atoms with Crippen LogP contribution in [0.4, 0.5) is 0 Å². The summed E-state index contributed by atoms with van der Waals surface area (Å²) in [5.74, 6) is -2.93. The quantitative estimate of drug-likeness (QED) is 0.466. The molecule has 170 valence electrons. The summed E-state index contributed by atoms with van der Waals surface area (Å²) < 4.78 is 11.5. The maximum atomic E-state index is 9.10. The summed E-state index contributed by atoms with van der Waals surface area (Å²) >= 11 is 6.43. The second-order valence-electron chi connectivity index (χ2n) is 6.95. The van der Waals surface area contributed by atoms with Crippen molar-refractivity contribution in [3.8, 4) is 5.75 Å². The van der Waals surface area contributed by atoms with E-state index < -0.39 is 11.9 Å². The van der Waals surface area contributed by atoms with E-state index in [9.17, 15) is 0 Å². The fraction of sp³-hybridized carbons (Fsp3) is 0.455. The van der Waals surface area contributed by atoms with E-state index in [2.05, 4.69) is 22.8 Å². The lowest BCUT2D eigenvalue weighted by atomic mass is 10.1. The van der Waals surface area contributed by atoms with Crippen LogP contribution in [0.15, 0.2) is 36.4 Å². The van der Waals surface area contributed by atoms with Crippen molar-refractivity contribution < 1.29 is 29.3 Å². The van der Waals surface area contributed by atoms with Gasteiger partial charge in [-0.1, -0.05) is 48.9 Å². The molecule has 0 aliphatic carbocycles. The SMILES string of the molecule is CCN1CCN(CCOCCOc2ccc3ccccc3c2Cl)CC1.O=C(O)C(=O)O. The highest BCUT2D eigenvalue weighted by Crippen LogP contribution is 2.32. The number of rotatable bonds is 8. The average molecular weight is 453 g/mol. The Bertz CT molecular complexity index is 843. The summed E-state index contributed by atoms with van der Waals surface area (Å²) in [7, 11) is 0. The van der Waals surface area contributed by atoms with Crippen molar-refractivity contribution in [1.29, 1.82) is 0 Å². The highest BCUT2D eigenvalue weighted by atomic mass is 35.5. The minimum absolute atomic E-state index is 0.516. The lowest BCUT2D eigenvalue weighted by molar-refractivity contribution is -0.159. The summed E-state index contributed by atoms with van der Waals surface area (Å²) in [5.41, 5.74) is 0. The second-order valence-corrected chi connectivity index (χ2v) is 7.32. The van der Waals surface area contributed by atoms with Gasteiger partial charge in [0, 0.05) is 38.1 Å². The maximum Gasteiger partial charge on any atom is 0.414 e. The minimum atomic E-state index is -1.82. The van der Waals surface area contributed by atoms with Crippen LogP contribution in [-0.4, -0.2) is 91.0 Å². The molecule has 1 saturated heterocycles. The zero-order chi connectivity index (χ0) is 22.6. The monoisotopic (exact) mass is 452 g/mol. The van der Waals surface area contributed by atoms with Gasteiger partial charge in [0.1, 0.15) is 12.4 Å². The first-order chi connectivity index (χ1) is 14.9. The Morgan fingerprint density at radius 2 is 1.58 bits per heavy atom. The molecule has 0 spiro atoms. The van der Waals surface area contributed by atoms with Crippen LogP contribution < -0.4 is 4.74 Å². The number of hydrogen-bond donors (Lipinski definition) is 2. The average Bonchev–Trinajstić information content (AvgIpc) is 2.78. The largest absolute Gasteiger partial charge is 0.490 e. The third-order valence-electron chi connectivity index (χ3n) is 4.96. The van der Waals surface area contributed by atoms with E-state index in [0.29, 0.717) is 18.2 Å². The van der Waals surface area contributed by atoms with Crippen LogP contribution in [0.25, 0.3) is 10.8 Å². The van der Waals surface area contributed by atoms with Crippen molar-refractivity contribution >= 4 is 34.3 Å². The smallest absolute Gasteiger partial charge is 0.414 e. The van der Waals surface area contributed by atoms with E-state index >= 15 is 0 Å². The number of likely N-dealkylation sites (N-methyl/N-ethyl adjacent to an activating group) is 1. The number of aliphatic carboxylic acids is 2. The van der Waals surface area contributed by atoms with Gasteiger partial charge in [0.25, 0.3) is 0 Å². The van der Waals surface area contributed by atoms with Crippen molar-refractivity contribution in [3.05, 3.63) is 41.4 Å². The Balaban J connectivity index is 0.000000501. The summed E-state index contributed by atoms with van der Waals surface area (Å²) in [6.07, 6.45) is 0. The highest BCUT2D eigenvalue weighted by molar-refractivity contribution is 6.37. The normalized spacial score (nSPS) is 14.6. The molecule has 0 bridgehead atoms. The van der Waals surface area contributed by atoms with Gasteiger partial charge in [0.2, 0.25) is 0 Å². The van der Waals surface area contributed by atoms with E-state index in [0.717, 1.165) is 49.3 Å². The minimum Gasteiger partial charge on any atom is -0.490 e. The van der Waals surface area contributed by atoms with Crippen molar-refractivity contribution in [2.45, 2.75) is 6.92 Å². The Kier molecular flexibility index (Phi) is 10.5. The van der Waals surface area contributed by atoms with Gasteiger partial charge in [-0.05, 0) is 18.0 Å². The first kappa shape index (κ1) is 24.9. The summed E-state index contributed by atoms with van der Waals surface area (Å²) in [5, 5.41) is 17.6. The third-order valence-corrected chi connectivity index (χ3v) is 5.35. The molecule has 2 aromatic carbocycles. The van der Waals surface area contributed by atoms with Gasteiger partial charge in [-0.15, -0.1) is 0 Å². The summed E-state index contributed by atoms with van der Waals surface area (Å²) in [4.78, 5) is 23.1. The molecule has 3 rings (SSSR count). The molecule has 31 heavy (non-hydrogen) atoms. The number of ether oxygens (including phenoxy) is 2. The molecular formula is C22H29ClN2O6. The predicted octanol–water partition coefficient (Wildman–Crippen LogP) is 2.68. The molecule has 9 heteroatoms. The Labute approximate surface area is 186 Å². The van der Waals surface area contributed by atoms with Crippen LogP contribution in [0.5, 0.6) is 5.75 Å². The van der Waals surface area contributed by atoms with E-state index in [1.54, 1.807) is 0 Å². The molecule has 1 aliphatic heterocycles. The molecule has 1 fully saturated rings. The number of carbonyl (C=O) groups is 2. The van der Waals surface area contributed by atoms with Crippen molar-refractivity contribution in [2.75, 3.05) is 59.1 Å². The van der Waals surface area contributed by atoms with Crippen LogP contribution in [0.1, 0.15) is 6.92 Å². The molecule has 2 N–H and O–H groups in total.